The van der Waals surface area contributed by atoms with Gasteiger partial charge in [0, 0.05) is 12.6 Å². The van der Waals surface area contributed by atoms with Crippen molar-refractivity contribution in [1.82, 2.24) is 24.1 Å². The number of rotatable bonds is 7. The van der Waals surface area contributed by atoms with Crippen molar-refractivity contribution < 1.29 is 9.59 Å². The second-order valence-electron chi connectivity index (χ2n) is 6.87. The largest absolute Gasteiger partial charge is 0.364 e. The van der Waals surface area contributed by atoms with Crippen LogP contribution in [0.1, 0.15) is 23.8 Å². The van der Waals surface area contributed by atoms with E-state index in [0.29, 0.717) is 17.9 Å². The first-order chi connectivity index (χ1) is 13.3. The van der Waals surface area contributed by atoms with Gasteiger partial charge in [0.2, 0.25) is 5.82 Å². The lowest BCUT2D eigenvalue weighted by Gasteiger charge is -2.33. The van der Waals surface area contributed by atoms with Crippen LogP contribution in [0.25, 0.3) is 5.52 Å². The van der Waals surface area contributed by atoms with E-state index in [0.717, 1.165) is 5.52 Å². The quantitative estimate of drug-likeness (QED) is 0.515. The van der Waals surface area contributed by atoms with E-state index in [1.807, 2.05) is 39.2 Å². The summed E-state index contributed by atoms with van der Waals surface area (Å²) < 4.78 is 1.77. The highest BCUT2D eigenvalue weighted by Crippen LogP contribution is 2.27. The van der Waals surface area contributed by atoms with Crippen molar-refractivity contribution in [2.45, 2.75) is 19.4 Å². The molecule has 28 heavy (non-hydrogen) atoms. The van der Waals surface area contributed by atoms with Gasteiger partial charge in [-0.2, -0.15) is 10.1 Å². The number of carbonyl (C=O) groups is 2. The van der Waals surface area contributed by atoms with Gasteiger partial charge in [0.05, 0.1) is 31.5 Å². The second-order valence-corrected chi connectivity index (χ2v) is 6.87. The standard InChI is InChI=1S/C18H22N8O2/c1-4-13(16(19)27)26(2,3)14-10-21-15(17(20)28)18(24-14)23-11-9-22-25-8-6-5-7-12(11)25/h5-10,13H,4H2,1-3H3,(H4-,19,20,23,24,27,28)/p+1. The van der Waals surface area contributed by atoms with Gasteiger partial charge in [-0.25, -0.2) is 9.50 Å². The maximum atomic E-state index is 11.9. The number of pyridine rings is 1. The SMILES string of the molecule is CCC(C(N)=O)[N+](C)(C)c1cnc(C(N)=O)c(Nc2cnn3ccccc23)n1. The first-order valence-electron chi connectivity index (χ1n) is 8.75. The van der Waals surface area contributed by atoms with E-state index in [-0.39, 0.29) is 16.0 Å². The number of nitrogens with two attached hydrogens (primary N) is 2. The van der Waals surface area contributed by atoms with Gasteiger partial charge in [-0.05, 0) is 12.1 Å². The van der Waals surface area contributed by atoms with Crippen molar-refractivity contribution >= 4 is 34.7 Å². The van der Waals surface area contributed by atoms with Crippen LogP contribution in [0.4, 0.5) is 17.3 Å². The fourth-order valence-electron chi connectivity index (χ4n) is 3.22. The van der Waals surface area contributed by atoms with Gasteiger partial charge >= 0.3 is 0 Å². The van der Waals surface area contributed by atoms with Crippen LogP contribution in [0.5, 0.6) is 0 Å². The maximum Gasteiger partial charge on any atom is 0.276 e. The second kappa shape index (κ2) is 7.24. The zero-order valence-electron chi connectivity index (χ0n) is 16.0. The van der Waals surface area contributed by atoms with Crippen molar-refractivity contribution in [1.29, 1.82) is 0 Å². The minimum absolute atomic E-state index is 0.00819. The highest BCUT2D eigenvalue weighted by Gasteiger charge is 2.36. The number of fused-ring (bicyclic) bond motifs is 1. The molecule has 0 spiro atoms. The molecule has 1 unspecified atom stereocenters. The molecule has 0 aliphatic rings. The molecular formula is C18H23N8O2+. The summed E-state index contributed by atoms with van der Waals surface area (Å²) in [6.07, 6.45) is 5.38. The predicted octanol–water partition coefficient (Wildman–Crippen LogP) is 0.798. The molecule has 0 aromatic carbocycles. The zero-order valence-corrected chi connectivity index (χ0v) is 16.0. The van der Waals surface area contributed by atoms with Gasteiger partial charge in [0.25, 0.3) is 11.8 Å². The predicted molar refractivity (Wildman–Crippen MR) is 106 cm³/mol. The van der Waals surface area contributed by atoms with Crippen LogP contribution >= 0.6 is 0 Å². The van der Waals surface area contributed by atoms with Crippen molar-refractivity contribution in [2.24, 2.45) is 11.5 Å². The third kappa shape index (κ3) is 3.37. The first-order valence-corrected chi connectivity index (χ1v) is 8.75. The molecule has 0 radical (unpaired) electrons. The van der Waals surface area contributed by atoms with Gasteiger partial charge in [0.1, 0.15) is 6.20 Å². The molecule has 0 saturated heterocycles. The molecule has 0 saturated carbocycles. The topological polar surface area (TPSA) is 141 Å². The summed E-state index contributed by atoms with van der Waals surface area (Å²) in [5.41, 5.74) is 12.4. The fourth-order valence-corrected chi connectivity index (χ4v) is 3.22. The first kappa shape index (κ1) is 19.2. The van der Waals surface area contributed by atoms with Crippen LogP contribution in [0, 0.1) is 0 Å². The van der Waals surface area contributed by atoms with Gasteiger partial charge in [-0.3, -0.25) is 14.1 Å². The number of aromatic nitrogens is 4. The molecule has 10 nitrogen and oxygen atoms in total. The molecule has 3 rings (SSSR count). The summed E-state index contributed by atoms with van der Waals surface area (Å²) >= 11 is 0. The Kier molecular flexibility index (Phi) is 4.97. The number of nitrogens with zero attached hydrogens (tertiary/aromatic N) is 5. The third-order valence-corrected chi connectivity index (χ3v) is 4.76. The molecule has 5 N–H and O–H groups in total. The number of hydrogen-bond acceptors (Lipinski definition) is 6. The van der Waals surface area contributed by atoms with Crippen LogP contribution in [0.2, 0.25) is 0 Å². The number of hydrogen-bond donors (Lipinski definition) is 3. The number of carbonyl (C=O) groups excluding carboxylic acids is 2. The van der Waals surface area contributed by atoms with E-state index in [9.17, 15) is 9.59 Å². The Balaban J connectivity index is 2.08. The monoisotopic (exact) mass is 383 g/mol. The van der Waals surface area contributed by atoms with Gasteiger partial charge in [-0.1, -0.05) is 13.0 Å². The summed E-state index contributed by atoms with van der Waals surface area (Å²) in [5.74, 6) is -0.500. The van der Waals surface area contributed by atoms with Crippen LogP contribution in [0.15, 0.2) is 36.8 Å². The molecule has 0 fully saturated rings. The summed E-state index contributed by atoms with van der Waals surface area (Å²) in [4.78, 5) is 32.5. The average Bonchev–Trinajstić information content (AvgIpc) is 3.04. The number of likely N-dealkylation sites (N-methyl/N-ethyl adjacent to an activating group) is 1. The number of nitrogens with one attached hydrogen (secondary N) is 1. The Morgan fingerprint density at radius 3 is 2.64 bits per heavy atom. The van der Waals surface area contributed by atoms with Gasteiger partial charge in [-0.15, -0.1) is 0 Å². The average molecular weight is 383 g/mol. The molecule has 10 heteroatoms. The van der Waals surface area contributed by atoms with E-state index in [1.165, 1.54) is 6.20 Å². The van der Waals surface area contributed by atoms with E-state index < -0.39 is 17.9 Å². The van der Waals surface area contributed by atoms with Crippen molar-refractivity contribution in [3.8, 4) is 0 Å². The maximum absolute atomic E-state index is 11.9. The van der Waals surface area contributed by atoms with E-state index in [2.05, 4.69) is 20.4 Å². The smallest absolute Gasteiger partial charge is 0.276 e. The molecule has 2 amide bonds. The molecular weight excluding hydrogens is 360 g/mol. The molecule has 3 aromatic rings. The van der Waals surface area contributed by atoms with Gasteiger partial charge in [0.15, 0.2) is 17.6 Å². The Bertz CT molecular complexity index is 1040. The van der Waals surface area contributed by atoms with Crippen molar-refractivity contribution in [3.63, 3.8) is 0 Å². The lowest BCUT2D eigenvalue weighted by atomic mass is 10.1. The Morgan fingerprint density at radius 1 is 1.25 bits per heavy atom. The molecule has 146 valence electrons. The Morgan fingerprint density at radius 2 is 2.00 bits per heavy atom. The van der Waals surface area contributed by atoms with Crippen LogP contribution in [-0.2, 0) is 4.79 Å². The zero-order chi connectivity index (χ0) is 20.5. The minimum atomic E-state index is -0.717. The summed E-state index contributed by atoms with van der Waals surface area (Å²) in [6.45, 7) is 1.87. The van der Waals surface area contributed by atoms with Crippen molar-refractivity contribution in [2.75, 3.05) is 19.4 Å². The normalized spacial score (nSPS) is 12.7. The lowest BCUT2D eigenvalue weighted by Crippen LogP contribution is -2.56. The van der Waals surface area contributed by atoms with Crippen LogP contribution in [0.3, 0.4) is 0 Å². The highest BCUT2D eigenvalue weighted by molar-refractivity contribution is 5.97. The highest BCUT2D eigenvalue weighted by atomic mass is 16.2. The third-order valence-electron chi connectivity index (χ3n) is 4.76. The lowest BCUT2D eigenvalue weighted by molar-refractivity contribution is -0.122. The number of primary amides is 2. The molecule has 3 heterocycles. The van der Waals surface area contributed by atoms with Gasteiger partial charge < -0.3 is 16.8 Å². The number of quaternary nitrogens is 1. The summed E-state index contributed by atoms with van der Waals surface area (Å²) in [7, 11) is 3.62. The van der Waals surface area contributed by atoms with Crippen molar-refractivity contribution in [3.05, 3.63) is 42.5 Å². The Labute approximate surface area is 161 Å². The number of amides is 2. The fraction of sp³-hybridized carbons (Fsp3) is 0.278. The summed E-state index contributed by atoms with van der Waals surface area (Å²) in [5, 5.41) is 7.34. The van der Waals surface area contributed by atoms with E-state index in [1.54, 1.807) is 16.9 Å². The molecule has 1 atom stereocenters. The molecule has 0 aliphatic heterocycles. The van der Waals surface area contributed by atoms with Crippen LogP contribution in [-0.4, -0.2) is 51.5 Å². The van der Waals surface area contributed by atoms with E-state index in [4.69, 9.17) is 11.5 Å². The molecule has 0 aliphatic carbocycles. The van der Waals surface area contributed by atoms with Crippen LogP contribution < -0.4 is 21.3 Å². The summed E-state index contributed by atoms with van der Waals surface area (Å²) in [6, 6.07) is 5.10. The molecule has 0 bridgehead atoms. The molecule has 3 aromatic heterocycles. The Hall–Kier alpha value is -3.53. The number of anilines is 2. The minimum Gasteiger partial charge on any atom is -0.364 e. The van der Waals surface area contributed by atoms with E-state index >= 15 is 0 Å².